The van der Waals surface area contributed by atoms with E-state index in [0.29, 0.717) is 24.6 Å². The molecule has 0 fully saturated rings. The third-order valence-corrected chi connectivity index (χ3v) is 5.21. The molecule has 0 unspecified atom stereocenters. The van der Waals surface area contributed by atoms with Gasteiger partial charge in [0.1, 0.15) is 11.4 Å². The lowest BCUT2D eigenvalue weighted by Crippen LogP contribution is -2.28. The van der Waals surface area contributed by atoms with E-state index in [-0.39, 0.29) is 11.8 Å². The highest BCUT2D eigenvalue weighted by Gasteiger charge is 2.27. The molecule has 0 atom stereocenters. The molecule has 2 heterocycles. The first-order chi connectivity index (χ1) is 14.1. The van der Waals surface area contributed by atoms with Crippen molar-refractivity contribution in [1.82, 2.24) is 20.2 Å². The minimum Gasteiger partial charge on any atom is -0.497 e. The van der Waals surface area contributed by atoms with Crippen LogP contribution >= 0.6 is 0 Å². The van der Waals surface area contributed by atoms with E-state index < -0.39 is 0 Å². The maximum atomic E-state index is 12.8. The van der Waals surface area contributed by atoms with Gasteiger partial charge in [-0.1, -0.05) is 25.5 Å². The van der Waals surface area contributed by atoms with E-state index in [1.54, 1.807) is 7.11 Å². The number of benzene rings is 1. The van der Waals surface area contributed by atoms with Gasteiger partial charge in [-0.25, -0.2) is 4.98 Å². The van der Waals surface area contributed by atoms with E-state index in [0.717, 1.165) is 62.1 Å². The van der Waals surface area contributed by atoms with Crippen molar-refractivity contribution in [2.45, 2.75) is 52.0 Å². The average Bonchev–Trinajstić information content (AvgIpc) is 3.14. The number of hydrogen-bond donors (Lipinski definition) is 2. The van der Waals surface area contributed by atoms with Gasteiger partial charge in [0.15, 0.2) is 5.82 Å². The smallest absolute Gasteiger partial charge is 0.287 e. The quantitative estimate of drug-likeness (QED) is 0.636. The number of fused-ring (bicyclic) bond motifs is 1. The van der Waals surface area contributed by atoms with Gasteiger partial charge < -0.3 is 19.9 Å². The van der Waals surface area contributed by atoms with E-state index in [9.17, 15) is 9.59 Å². The van der Waals surface area contributed by atoms with Crippen molar-refractivity contribution in [2.24, 2.45) is 0 Å². The summed E-state index contributed by atoms with van der Waals surface area (Å²) in [7, 11) is 1.64. The van der Waals surface area contributed by atoms with Crippen LogP contribution in [0.15, 0.2) is 24.3 Å². The normalized spacial score (nSPS) is 12.9. The molecular weight excluding hydrogens is 368 g/mol. The van der Waals surface area contributed by atoms with Gasteiger partial charge >= 0.3 is 0 Å². The predicted molar refractivity (Wildman–Crippen MR) is 111 cm³/mol. The number of aromatic nitrogens is 2. The van der Waals surface area contributed by atoms with Crippen molar-refractivity contribution in [1.29, 1.82) is 0 Å². The number of rotatable bonds is 9. The second-order valence-corrected chi connectivity index (χ2v) is 7.30. The van der Waals surface area contributed by atoms with Gasteiger partial charge in [-0.05, 0) is 49.8 Å². The molecule has 7 heteroatoms. The van der Waals surface area contributed by atoms with Gasteiger partial charge in [0.25, 0.3) is 11.8 Å². The summed E-state index contributed by atoms with van der Waals surface area (Å²) in [6.07, 6.45) is 5.44. The van der Waals surface area contributed by atoms with Crippen LogP contribution in [-0.2, 0) is 19.4 Å². The van der Waals surface area contributed by atoms with Gasteiger partial charge in [0.05, 0.1) is 12.8 Å². The Bertz CT molecular complexity index is 842. The number of carbonyl (C=O) groups excluding carboxylic acids is 2. The van der Waals surface area contributed by atoms with E-state index in [2.05, 4.69) is 22.5 Å². The third kappa shape index (κ3) is 5.16. The SMILES string of the molecule is CCCCNC(=O)c1nc(C(=O)NCCc2ccc(OC)cc2)c2n1CCCC2. The molecule has 156 valence electrons. The molecule has 1 aliphatic rings. The zero-order chi connectivity index (χ0) is 20.6. The summed E-state index contributed by atoms with van der Waals surface area (Å²) < 4.78 is 7.08. The van der Waals surface area contributed by atoms with E-state index in [1.165, 1.54) is 0 Å². The molecule has 1 aromatic carbocycles. The lowest BCUT2D eigenvalue weighted by Gasteiger charge is -2.17. The molecule has 0 saturated heterocycles. The van der Waals surface area contributed by atoms with Crippen LogP contribution in [0.3, 0.4) is 0 Å². The number of nitrogens with one attached hydrogen (secondary N) is 2. The molecule has 1 aliphatic heterocycles. The van der Waals surface area contributed by atoms with E-state index in [1.807, 2.05) is 28.8 Å². The molecule has 1 aromatic heterocycles. The molecule has 0 spiro atoms. The predicted octanol–water partition coefficient (Wildman–Crippen LogP) is 2.73. The molecule has 7 nitrogen and oxygen atoms in total. The molecule has 2 N–H and O–H groups in total. The number of methoxy groups -OCH3 is 1. The maximum Gasteiger partial charge on any atom is 0.287 e. The number of ether oxygens (including phenoxy) is 1. The number of carbonyl (C=O) groups is 2. The van der Waals surface area contributed by atoms with Gasteiger partial charge in [-0.15, -0.1) is 0 Å². The monoisotopic (exact) mass is 398 g/mol. The summed E-state index contributed by atoms with van der Waals surface area (Å²) >= 11 is 0. The fourth-order valence-electron chi connectivity index (χ4n) is 3.55. The molecule has 3 rings (SSSR count). The summed E-state index contributed by atoms with van der Waals surface area (Å²) in [5.74, 6) is 0.763. The number of nitrogens with zero attached hydrogens (tertiary/aromatic N) is 2. The lowest BCUT2D eigenvalue weighted by molar-refractivity contribution is 0.0937. The summed E-state index contributed by atoms with van der Waals surface area (Å²) in [6, 6.07) is 7.79. The molecule has 0 bridgehead atoms. The number of imidazole rings is 1. The molecule has 0 saturated carbocycles. The number of hydrogen-bond acceptors (Lipinski definition) is 4. The minimum absolute atomic E-state index is 0.195. The van der Waals surface area contributed by atoms with Crippen LogP contribution in [0.4, 0.5) is 0 Å². The Morgan fingerprint density at radius 2 is 1.86 bits per heavy atom. The lowest BCUT2D eigenvalue weighted by atomic mass is 10.1. The molecule has 29 heavy (non-hydrogen) atoms. The second-order valence-electron chi connectivity index (χ2n) is 7.30. The van der Waals surface area contributed by atoms with E-state index in [4.69, 9.17) is 4.74 Å². The Labute approximate surface area is 171 Å². The van der Waals surface area contributed by atoms with Crippen molar-refractivity contribution >= 4 is 11.8 Å². The summed E-state index contributed by atoms with van der Waals surface area (Å²) in [6.45, 7) is 3.95. The largest absolute Gasteiger partial charge is 0.497 e. The van der Waals surface area contributed by atoms with Crippen LogP contribution in [0.25, 0.3) is 0 Å². The zero-order valence-corrected chi connectivity index (χ0v) is 17.3. The standard InChI is InChI=1S/C22H30N4O3/c1-3-4-13-23-22(28)20-25-19(18-7-5-6-15-26(18)20)21(27)24-14-12-16-8-10-17(29-2)11-9-16/h8-11H,3-7,12-15H2,1-2H3,(H,23,28)(H,24,27). The molecule has 2 amide bonds. The molecule has 2 aromatic rings. The zero-order valence-electron chi connectivity index (χ0n) is 17.3. The van der Waals surface area contributed by atoms with Crippen LogP contribution in [0.1, 0.15) is 65.0 Å². The third-order valence-electron chi connectivity index (χ3n) is 5.21. The summed E-state index contributed by atoms with van der Waals surface area (Å²) in [5, 5.41) is 5.87. The Morgan fingerprint density at radius 1 is 1.10 bits per heavy atom. The van der Waals surface area contributed by atoms with Gasteiger partial charge in [0, 0.05) is 19.6 Å². The van der Waals surface area contributed by atoms with Crippen molar-refractivity contribution in [3.63, 3.8) is 0 Å². The summed E-state index contributed by atoms with van der Waals surface area (Å²) in [4.78, 5) is 29.7. The molecular formula is C22H30N4O3. The Balaban J connectivity index is 1.65. The molecule has 0 radical (unpaired) electrons. The van der Waals surface area contributed by atoms with Crippen LogP contribution < -0.4 is 15.4 Å². The van der Waals surface area contributed by atoms with Gasteiger partial charge in [-0.3, -0.25) is 9.59 Å². The van der Waals surface area contributed by atoms with Crippen molar-refractivity contribution in [2.75, 3.05) is 20.2 Å². The van der Waals surface area contributed by atoms with Gasteiger partial charge in [0.2, 0.25) is 0 Å². The van der Waals surface area contributed by atoms with Crippen LogP contribution in [0.5, 0.6) is 5.75 Å². The van der Waals surface area contributed by atoms with Crippen molar-refractivity contribution < 1.29 is 14.3 Å². The molecule has 0 aliphatic carbocycles. The first kappa shape index (κ1) is 20.9. The Kier molecular flexibility index (Phi) is 7.27. The van der Waals surface area contributed by atoms with Crippen molar-refractivity contribution in [3.05, 3.63) is 47.0 Å². The average molecular weight is 399 g/mol. The summed E-state index contributed by atoms with van der Waals surface area (Å²) in [5.41, 5.74) is 2.38. The highest BCUT2D eigenvalue weighted by molar-refractivity contribution is 5.97. The highest BCUT2D eigenvalue weighted by Crippen LogP contribution is 2.21. The van der Waals surface area contributed by atoms with Crippen LogP contribution in [0.2, 0.25) is 0 Å². The number of unbranched alkanes of at least 4 members (excludes halogenated alkanes) is 1. The van der Waals surface area contributed by atoms with Crippen LogP contribution in [-0.4, -0.2) is 41.6 Å². The van der Waals surface area contributed by atoms with Gasteiger partial charge in [-0.2, -0.15) is 0 Å². The topological polar surface area (TPSA) is 85.2 Å². The Hall–Kier alpha value is -2.83. The first-order valence-electron chi connectivity index (χ1n) is 10.4. The fourth-order valence-corrected chi connectivity index (χ4v) is 3.55. The van der Waals surface area contributed by atoms with Crippen LogP contribution in [0, 0.1) is 0 Å². The Morgan fingerprint density at radius 3 is 2.59 bits per heavy atom. The first-order valence-corrected chi connectivity index (χ1v) is 10.4. The maximum absolute atomic E-state index is 12.8. The van der Waals surface area contributed by atoms with E-state index >= 15 is 0 Å². The van der Waals surface area contributed by atoms with Crippen molar-refractivity contribution in [3.8, 4) is 5.75 Å². The fraction of sp³-hybridized carbons (Fsp3) is 0.500. The second kappa shape index (κ2) is 10.1. The minimum atomic E-state index is -0.211. The highest BCUT2D eigenvalue weighted by atomic mass is 16.5. The number of amides is 2.